The third-order valence-electron chi connectivity index (χ3n) is 4.98. The van der Waals surface area contributed by atoms with Crippen molar-refractivity contribution in [1.29, 1.82) is 0 Å². The first kappa shape index (κ1) is 19.4. The molecule has 150 valence electrons. The van der Waals surface area contributed by atoms with Gasteiger partial charge in [-0.25, -0.2) is 8.42 Å². The first-order chi connectivity index (χ1) is 14.0. The van der Waals surface area contributed by atoms with Crippen LogP contribution in [0.2, 0.25) is 0 Å². The second kappa shape index (κ2) is 8.18. The third-order valence-corrected chi connectivity index (χ3v) is 6.89. The van der Waals surface area contributed by atoms with Gasteiger partial charge < -0.3 is 4.90 Å². The molecule has 0 radical (unpaired) electrons. The monoisotopic (exact) mass is 410 g/mol. The molecule has 2 aromatic carbocycles. The minimum Gasteiger partial charge on any atom is -0.338 e. The van der Waals surface area contributed by atoms with Gasteiger partial charge in [0.05, 0.1) is 10.6 Å². The second-order valence-corrected chi connectivity index (χ2v) is 8.80. The lowest BCUT2D eigenvalue weighted by Gasteiger charge is -2.34. The zero-order valence-corrected chi connectivity index (χ0v) is 16.7. The number of rotatable bonds is 5. The predicted octanol–water partition coefficient (Wildman–Crippen LogP) is 2.08. The van der Waals surface area contributed by atoms with Gasteiger partial charge in [-0.2, -0.15) is 9.40 Å². The fraction of sp³-hybridized carbons (Fsp3) is 0.238. The maximum Gasteiger partial charge on any atom is 0.244 e. The molecule has 1 aromatic heterocycles. The summed E-state index contributed by atoms with van der Waals surface area (Å²) in [7, 11) is -3.52. The van der Waals surface area contributed by atoms with Crippen LogP contribution >= 0.6 is 0 Å². The van der Waals surface area contributed by atoms with Crippen LogP contribution in [0.5, 0.6) is 0 Å². The molecule has 29 heavy (non-hydrogen) atoms. The molecule has 0 spiro atoms. The van der Waals surface area contributed by atoms with Gasteiger partial charge in [-0.15, -0.1) is 0 Å². The Morgan fingerprint density at radius 2 is 1.48 bits per heavy atom. The number of sulfonamides is 1. The summed E-state index contributed by atoms with van der Waals surface area (Å²) in [5.74, 6) is -0.0653. The summed E-state index contributed by atoms with van der Waals surface area (Å²) in [6.45, 7) is 1.46. The van der Waals surface area contributed by atoms with E-state index in [1.807, 2.05) is 36.4 Å². The van der Waals surface area contributed by atoms with Gasteiger partial charge in [-0.05, 0) is 18.2 Å². The van der Waals surface area contributed by atoms with Gasteiger partial charge in [0.15, 0.2) is 0 Å². The van der Waals surface area contributed by atoms with Crippen LogP contribution in [-0.2, 0) is 21.4 Å². The van der Waals surface area contributed by atoms with Crippen LogP contribution in [0.4, 0.5) is 0 Å². The lowest BCUT2D eigenvalue weighted by atomic mass is 10.2. The minimum atomic E-state index is -3.52. The van der Waals surface area contributed by atoms with Gasteiger partial charge in [0.1, 0.15) is 6.54 Å². The highest BCUT2D eigenvalue weighted by Gasteiger charge is 2.30. The predicted molar refractivity (Wildman–Crippen MR) is 109 cm³/mol. The van der Waals surface area contributed by atoms with Crippen molar-refractivity contribution < 1.29 is 13.2 Å². The van der Waals surface area contributed by atoms with Gasteiger partial charge in [0.25, 0.3) is 0 Å². The molecule has 0 bridgehead atoms. The Labute approximate surface area is 170 Å². The Kier molecular flexibility index (Phi) is 5.46. The molecular weight excluding hydrogens is 388 g/mol. The maximum absolute atomic E-state index is 12.7. The van der Waals surface area contributed by atoms with Crippen molar-refractivity contribution in [3.63, 3.8) is 0 Å². The van der Waals surface area contributed by atoms with E-state index in [0.29, 0.717) is 13.1 Å². The summed E-state index contributed by atoms with van der Waals surface area (Å²) in [4.78, 5) is 14.6. The lowest BCUT2D eigenvalue weighted by molar-refractivity contribution is -0.133. The van der Waals surface area contributed by atoms with E-state index >= 15 is 0 Å². The van der Waals surface area contributed by atoms with Crippen LogP contribution in [0.1, 0.15) is 0 Å². The summed E-state index contributed by atoms with van der Waals surface area (Å²) in [6.07, 6.45) is 1.79. The smallest absolute Gasteiger partial charge is 0.244 e. The number of amides is 1. The third kappa shape index (κ3) is 4.23. The first-order valence-electron chi connectivity index (χ1n) is 9.46. The first-order valence-corrected chi connectivity index (χ1v) is 10.9. The minimum absolute atomic E-state index is 0.0653. The maximum atomic E-state index is 12.7. The van der Waals surface area contributed by atoms with Crippen molar-refractivity contribution in [2.24, 2.45) is 0 Å². The Hall–Kier alpha value is -2.97. The summed E-state index contributed by atoms with van der Waals surface area (Å²) < 4.78 is 28.5. The quantitative estimate of drug-likeness (QED) is 0.645. The fourth-order valence-corrected chi connectivity index (χ4v) is 4.81. The van der Waals surface area contributed by atoms with Crippen LogP contribution in [0.15, 0.2) is 77.8 Å². The second-order valence-electron chi connectivity index (χ2n) is 6.86. The van der Waals surface area contributed by atoms with Crippen molar-refractivity contribution in [3.05, 3.63) is 72.9 Å². The highest BCUT2D eigenvalue weighted by molar-refractivity contribution is 7.89. The molecule has 1 amide bonds. The number of benzene rings is 2. The number of carbonyl (C=O) groups is 1. The summed E-state index contributed by atoms with van der Waals surface area (Å²) in [5.41, 5.74) is 1.82. The van der Waals surface area contributed by atoms with E-state index in [9.17, 15) is 13.2 Å². The molecular formula is C21H22N4O3S. The molecule has 0 aliphatic carbocycles. The van der Waals surface area contributed by atoms with E-state index in [1.165, 1.54) is 4.31 Å². The lowest BCUT2D eigenvalue weighted by Crippen LogP contribution is -2.51. The largest absolute Gasteiger partial charge is 0.338 e. The molecule has 3 aromatic rings. The number of piperazine rings is 1. The van der Waals surface area contributed by atoms with E-state index in [-0.39, 0.29) is 30.4 Å². The molecule has 0 unspecified atom stereocenters. The van der Waals surface area contributed by atoms with Crippen molar-refractivity contribution in [1.82, 2.24) is 19.0 Å². The Balaban J connectivity index is 1.36. The molecule has 1 fully saturated rings. The number of carbonyl (C=O) groups excluding carboxylic acids is 1. The van der Waals surface area contributed by atoms with Gasteiger partial charge in [0, 0.05) is 37.9 Å². The Bertz CT molecular complexity index is 1070. The molecule has 1 aliphatic rings. The van der Waals surface area contributed by atoms with Gasteiger partial charge in [0.2, 0.25) is 15.9 Å². The van der Waals surface area contributed by atoms with E-state index in [2.05, 4.69) is 5.10 Å². The summed E-state index contributed by atoms with van der Waals surface area (Å²) in [6, 6.07) is 20.1. The molecule has 2 heterocycles. The molecule has 0 saturated carbocycles. The van der Waals surface area contributed by atoms with Crippen molar-refractivity contribution in [3.8, 4) is 11.3 Å². The van der Waals surface area contributed by atoms with Crippen molar-refractivity contribution in [2.45, 2.75) is 11.4 Å². The molecule has 0 atom stereocenters. The van der Waals surface area contributed by atoms with E-state index in [4.69, 9.17) is 0 Å². The van der Waals surface area contributed by atoms with Gasteiger partial charge in [-0.3, -0.25) is 9.48 Å². The average Bonchev–Trinajstić information content (AvgIpc) is 3.23. The van der Waals surface area contributed by atoms with Gasteiger partial charge in [-0.1, -0.05) is 48.5 Å². The van der Waals surface area contributed by atoms with E-state index in [1.54, 1.807) is 46.1 Å². The van der Waals surface area contributed by atoms with Crippen LogP contribution in [0, 0.1) is 0 Å². The summed E-state index contributed by atoms with van der Waals surface area (Å²) >= 11 is 0. The van der Waals surface area contributed by atoms with Crippen LogP contribution < -0.4 is 0 Å². The van der Waals surface area contributed by atoms with Crippen molar-refractivity contribution >= 4 is 15.9 Å². The normalized spacial score (nSPS) is 15.4. The number of nitrogens with zero attached hydrogens (tertiary/aromatic N) is 4. The number of aromatic nitrogens is 2. The SMILES string of the molecule is O=C(Cn1ccc(-c2ccccc2)n1)N1CCN(S(=O)(=O)c2ccccc2)CC1. The Morgan fingerprint density at radius 3 is 2.14 bits per heavy atom. The molecule has 7 nitrogen and oxygen atoms in total. The topological polar surface area (TPSA) is 75.5 Å². The molecule has 0 N–H and O–H groups in total. The van der Waals surface area contributed by atoms with E-state index < -0.39 is 10.0 Å². The number of hydrogen-bond donors (Lipinski definition) is 0. The summed E-state index contributed by atoms with van der Waals surface area (Å²) in [5, 5.41) is 4.47. The fourth-order valence-electron chi connectivity index (χ4n) is 3.37. The zero-order chi connectivity index (χ0) is 20.3. The Morgan fingerprint density at radius 1 is 0.862 bits per heavy atom. The molecule has 8 heteroatoms. The highest BCUT2D eigenvalue weighted by Crippen LogP contribution is 2.18. The molecule has 1 aliphatic heterocycles. The standard InChI is InChI=1S/C21H22N4O3S/c26-21(17-24-12-11-20(22-24)18-7-3-1-4-8-18)23-13-15-25(16-14-23)29(27,28)19-9-5-2-6-10-19/h1-12H,13-17H2. The molecule has 1 saturated heterocycles. The van der Waals surface area contributed by atoms with Gasteiger partial charge >= 0.3 is 0 Å². The zero-order valence-electron chi connectivity index (χ0n) is 15.9. The number of hydrogen-bond acceptors (Lipinski definition) is 4. The van der Waals surface area contributed by atoms with Crippen LogP contribution in [0.25, 0.3) is 11.3 Å². The molecule has 4 rings (SSSR count). The van der Waals surface area contributed by atoms with E-state index in [0.717, 1.165) is 11.3 Å². The highest BCUT2D eigenvalue weighted by atomic mass is 32.2. The van der Waals surface area contributed by atoms with Crippen LogP contribution in [0.3, 0.4) is 0 Å². The van der Waals surface area contributed by atoms with Crippen molar-refractivity contribution in [2.75, 3.05) is 26.2 Å². The van der Waals surface area contributed by atoms with Crippen LogP contribution in [-0.4, -0.2) is 59.5 Å². The average molecular weight is 410 g/mol.